The van der Waals surface area contributed by atoms with Gasteiger partial charge in [0.2, 0.25) is 0 Å². The monoisotopic (exact) mass is 251 g/mol. The SMILES string of the molecule is CNC(Cc1nccn1C)c1cc(F)ccc1F. The maximum Gasteiger partial charge on any atom is 0.128 e. The molecule has 0 aliphatic carbocycles. The molecule has 0 fully saturated rings. The highest BCUT2D eigenvalue weighted by atomic mass is 19.1. The van der Waals surface area contributed by atoms with Gasteiger partial charge in [0.05, 0.1) is 0 Å². The average Bonchev–Trinajstić information content (AvgIpc) is 2.75. The zero-order chi connectivity index (χ0) is 13.1. The fraction of sp³-hybridized carbons (Fsp3) is 0.308. The van der Waals surface area contributed by atoms with E-state index in [1.54, 1.807) is 13.2 Å². The topological polar surface area (TPSA) is 29.9 Å². The summed E-state index contributed by atoms with van der Waals surface area (Å²) in [7, 11) is 3.59. The predicted octanol–water partition coefficient (Wildman–Crippen LogP) is 2.20. The number of hydrogen-bond donors (Lipinski definition) is 1. The first kappa shape index (κ1) is 12.7. The normalized spacial score (nSPS) is 12.7. The number of nitrogens with zero attached hydrogens (tertiary/aromatic N) is 2. The zero-order valence-electron chi connectivity index (χ0n) is 10.3. The van der Waals surface area contributed by atoms with Crippen molar-refractivity contribution < 1.29 is 8.78 Å². The van der Waals surface area contributed by atoms with Crippen LogP contribution in [-0.4, -0.2) is 16.6 Å². The maximum absolute atomic E-state index is 13.7. The van der Waals surface area contributed by atoms with Crippen molar-refractivity contribution in [2.45, 2.75) is 12.5 Å². The van der Waals surface area contributed by atoms with Crippen LogP contribution in [0.2, 0.25) is 0 Å². The van der Waals surface area contributed by atoms with Crippen molar-refractivity contribution in [2.75, 3.05) is 7.05 Å². The number of aromatic nitrogens is 2. The molecule has 1 atom stereocenters. The van der Waals surface area contributed by atoms with E-state index in [0.29, 0.717) is 12.0 Å². The number of benzene rings is 1. The number of aryl methyl sites for hydroxylation is 1. The number of nitrogens with one attached hydrogen (secondary N) is 1. The van der Waals surface area contributed by atoms with Crippen LogP contribution in [0.4, 0.5) is 8.78 Å². The molecule has 0 spiro atoms. The second kappa shape index (κ2) is 5.27. The Bertz CT molecular complexity index is 537. The van der Waals surface area contributed by atoms with E-state index in [1.807, 2.05) is 17.8 Å². The molecule has 5 heteroatoms. The summed E-state index contributed by atoms with van der Waals surface area (Å²) in [4.78, 5) is 4.19. The van der Waals surface area contributed by atoms with E-state index in [1.165, 1.54) is 6.07 Å². The lowest BCUT2D eigenvalue weighted by atomic mass is 10.0. The van der Waals surface area contributed by atoms with Crippen LogP contribution >= 0.6 is 0 Å². The Balaban J connectivity index is 2.28. The van der Waals surface area contributed by atoms with Crippen LogP contribution < -0.4 is 5.32 Å². The van der Waals surface area contributed by atoms with Gasteiger partial charge in [0.25, 0.3) is 0 Å². The van der Waals surface area contributed by atoms with Gasteiger partial charge >= 0.3 is 0 Å². The molecule has 1 N–H and O–H groups in total. The van der Waals surface area contributed by atoms with Gasteiger partial charge in [-0.05, 0) is 25.2 Å². The lowest BCUT2D eigenvalue weighted by molar-refractivity contribution is 0.510. The van der Waals surface area contributed by atoms with E-state index < -0.39 is 11.6 Å². The van der Waals surface area contributed by atoms with Gasteiger partial charge in [-0.3, -0.25) is 0 Å². The number of hydrogen-bond acceptors (Lipinski definition) is 2. The first-order valence-corrected chi connectivity index (χ1v) is 5.70. The first-order chi connectivity index (χ1) is 8.61. The van der Waals surface area contributed by atoms with Gasteiger partial charge in [-0.15, -0.1) is 0 Å². The summed E-state index contributed by atoms with van der Waals surface area (Å²) in [6, 6.07) is 3.18. The van der Waals surface area contributed by atoms with E-state index in [4.69, 9.17) is 0 Å². The van der Waals surface area contributed by atoms with Crippen LogP contribution in [0.3, 0.4) is 0 Å². The number of rotatable bonds is 4. The van der Waals surface area contributed by atoms with Crippen LogP contribution in [0, 0.1) is 11.6 Å². The van der Waals surface area contributed by atoms with Crippen molar-refractivity contribution in [3.8, 4) is 0 Å². The van der Waals surface area contributed by atoms with Crippen LogP contribution in [0.5, 0.6) is 0 Å². The summed E-state index contributed by atoms with van der Waals surface area (Å²) in [5.41, 5.74) is 0.320. The number of imidazole rings is 1. The molecule has 1 unspecified atom stereocenters. The highest BCUT2D eigenvalue weighted by Crippen LogP contribution is 2.21. The minimum absolute atomic E-state index is 0.304. The maximum atomic E-state index is 13.7. The van der Waals surface area contributed by atoms with Crippen molar-refractivity contribution >= 4 is 0 Å². The molecule has 1 aromatic heterocycles. The third-order valence-electron chi connectivity index (χ3n) is 2.99. The van der Waals surface area contributed by atoms with Crippen molar-refractivity contribution in [3.05, 3.63) is 53.6 Å². The molecule has 96 valence electrons. The van der Waals surface area contributed by atoms with E-state index in [9.17, 15) is 8.78 Å². The lowest BCUT2D eigenvalue weighted by Gasteiger charge is -2.17. The fourth-order valence-electron chi connectivity index (χ4n) is 1.92. The molecular weight excluding hydrogens is 236 g/mol. The van der Waals surface area contributed by atoms with Gasteiger partial charge in [0.1, 0.15) is 17.5 Å². The molecule has 0 aliphatic heterocycles. The summed E-state index contributed by atoms with van der Waals surface area (Å²) >= 11 is 0. The molecule has 2 aromatic rings. The lowest BCUT2D eigenvalue weighted by Crippen LogP contribution is -2.21. The van der Waals surface area contributed by atoms with Crippen molar-refractivity contribution in [1.82, 2.24) is 14.9 Å². The summed E-state index contributed by atoms with van der Waals surface area (Å²) < 4.78 is 28.8. The molecule has 0 aliphatic rings. The van der Waals surface area contributed by atoms with Crippen molar-refractivity contribution in [2.24, 2.45) is 7.05 Å². The van der Waals surface area contributed by atoms with Crippen LogP contribution in [0.15, 0.2) is 30.6 Å². The summed E-state index contributed by atoms with van der Waals surface area (Å²) in [5.74, 6) is -0.0329. The fourth-order valence-corrected chi connectivity index (χ4v) is 1.92. The third-order valence-corrected chi connectivity index (χ3v) is 2.99. The molecular formula is C13H15F2N3. The largest absolute Gasteiger partial charge is 0.338 e. The summed E-state index contributed by atoms with van der Waals surface area (Å²) in [6.07, 6.45) is 4.01. The second-order valence-corrected chi connectivity index (χ2v) is 4.17. The predicted molar refractivity (Wildman–Crippen MR) is 65.1 cm³/mol. The Morgan fingerprint density at radius 2 is 2.17 bits per heavy atom. The first-order valence-electron chi connectivity index (χ1n) is 5.70. The van der Waals surface area contributed by atoms with Crippen LogP contribution in [0.25, 0.3) is 0 Å². The summed E-state index contributed by atoms with van der Waals surface area (Å²) in [6.45, 7) is 0. The van der Waals surface area contributed by atoms with Gasteiger partial charge in [0, 0.05) is 37.5 Å². The Kier molecular flexibility index (Phi) is 3.72. The summed E-state index contributed by atoms with van der Waals surface area (Å²) in [5, 5.41) is 2.99. The van der Waals surface area contributed by atoms with E-state index in [2.05, 4.69) is 10.3 Å². The molecule has 2 rings (SSSR count). The minimum Gasteiger partial charge on any atom is -0.338 e. The van der Waals surface area contributed by atoms with Crippen molar-refractivity contribution in [1.29, 1.82) is 0 Å². The zero-order valence-corrected chi connectivity index (χ0v) is 10.3. The molecule has 3 nitrogen and oxygen atoms in total. The second-order valence-electron chi connectivity index (χ2n) is 4.17. The molecule has 1 heterocycles. The smallest absolute Gasteiger partial charge is 0.128 e. The van der Waals surface area contributed by atoms with Crippen LogP contribution in [0.1, 0.15) is 17.4 Å². The van der Waals surface area contributed by atoms with Gasteiger partial charge in [-0.2, -0.15) is 0 Å². The number of likely N-dealkylation sites (N-methyl/N-ethyl adjacent to an activating group) is 1. The third kappa shape index (κ3) is 2.56. The molecule has 0 radical (unpaired) electrons. The molecule has 1 aromatic carbocycles. The van der Waals surface area contributed by atoms with E-state index in [0.717, 1.165) is 18.0 Å². The van der Waals surface area contributed by atoms with Gasteiger partial charge in [-0.1, -0.05) is 0 Å². The molecule has 0 saturated carbocycles. The Labute approximate surface area is 104 Å². The quantitative estimate of drug-likeness (QED) is 0.902. The molecule has 0 saturated heterocycles. The van der Waals surface area contributed by atoms with Gasteiger partial charge < -0.3 is 9.88 Å². The van der Waals surface area contributed by atoms with E-state index in [-0.39, 0.29) is 6.04 Å². The molecule has 18 heavy (non-hydrogen) atoms. The Morgan fingerprint density at radius 1 is 1.39 bits per heavy atom. The Hall–Kier alpha value is -1.75. The number of halogens is 2. The van der Waals surface area contributed by atoms with Crippen LogP contribution in [-0.2, 0) is 13.5 Å². The standard InChI is InChI=1S/C13H15F2N3/c1-16-12(8-13-17-5-6-18(13)2)10-7-9(14)3-4-11(10)15/h3-7,12,16H,8H2,1-2H3. The highest BCUT2D eigenvalue weighted by molar-refractivity contribution is 5.23. The van der Waals surface area contributed by atoms with Gasteiger partial charge in [0.15, 0.2) is 0 Å². The molecule has 0 amide bonds. The minimum atomic E-state index is -0.438. The van der Waals surface area contributed by atoms with Gasteiger partial charge in [-0.25, -0.2) is 13.8 Å². The van der Waals surface area contributed by atoms with E-state index >= 15 is 0 Å². The highest BCUT2D eigenvalue weighted by Gasteiger charge is 2.17. The van der Waals surface area contributed by atoms with Crippen molar-refractivity contribution in [3.63, 3.8) is 0 Å². The Morgan fingerprint density at radius 3 is 2.78 bits per heavy atom. The molecule has 0 bridgehead atoms. The average molecular weight is 251 g/mol.